The number of benzene rings is 1. The number of rotatable bonds is 4. The highest BCUT2D eigenvalue weighted by Crippen LogP contribution is 2.37. The van der Waals surface area contributed by atoms with E-state index in [9.17, 15) is 13.2 Å². The van der Waals surface area contributed by atoms with E-state index in [0.29, 0.717) is 6.54 Å². The van der Waals surface area contributed by atoms with Gasteiger partial charge in [-0.1, -0.05) is 6.07 Å². The van der Waals surface area contributed by atoms with Crippen LogP contribution in [0.15, 0.2) is 35.0 Å². The van der Waals surface area contributed by atoms with Crippen molar-refractivity contribution in [2.75, 3.05) is 11.9 Å². The number of nitrogens with zero attached hydrogens (tertiary/aromatic N) is 1. The second-order valence-corrected chi connectivity index (χ2v) is 5.28. The molecule has 1 heterocycles. The highest BCUT2D eigenvalue weighted by atomic mass is 32.1. The second kappa shape index (κ2) is 5.85. The number of hydrogen-bond acceptors (Lipinski definition) is 3. The van der Waals surface area contributed by atoms with E-state index in [1.165, 1.54) is 23.5 Å². The molecule has 2 nitrogen and oxygen atoms in total. The maximum atomic E-state index is 13.1. The summed E-state index contributed by atoms with van der Waals surface area (Å²) in [5.41, 5.74) is 0.615. The van der Waals surface area contributed by atoms with Crippen LogP contribution >= 0.6 is 11.3 Å². The summed E-state index contributed by atoms with van der Waals surface area (Å²) < 4.78 is 39.3. The average molecular weight is 301 g/mol. The zero-order chi connectivity index (χ0) is 14.8. The molecule has 2 aromatic rings. The summed E-state index contributed by atoms with van der Waals surface area (Å²) in [5, 5.41) is 12.8. The summed E-state index contributed by atoms with van der Waals surface area (Å²) in [7, 11) is 1.63. The molecule has 0 spiro atoms. The van der Waals surface area contributed by atoms with Crippen LogP contribution in [0.4, 0.5) is 18.9 Å². The van der Waals surface area contributed by atoms with Crippen molar-refractivity contribution >= 4 is 17.0 Å². The molecule has 0 aliphatic rings. The van der Waals surface area contributed by atoms with E-state index in [4.69, 9.17) is 5.11 Å². The molecule has 6 heteroatoms. The normalized spacial score (nSPS) is 11.7. The number of thiophene rings is 1. The van der Waals surface area contributed by atoms with Crippen LogP contribution in [0.1, 0.15) is 16.7 Å². The fourth-order valence-electron chi connectivity index (χ4n) is 1.98. The minimum Gasteiger partial charge on any atom is -0.392 e. The minimum absolute atomic E-state index is 0.112. The van der Waals surface area contributed by atoms with Crippen molar-refractivity contribution < 1.29 is 18.3 Å². The van der Waals surface area contributed by atoms with E-state index < -0.39 is 18.3 Å². The summed E-state index contributed by atoms with van der Waals surface area (Å²) in [6, 6.07) is 5.80. The van der Waals surface area contributed by atoms with Crippen molar-refractivity contribution in [1.29, 1.82) is 0 Å². The van der Waals surface area contributed by atoms with Gasteiger partial charge in [0.2, 0.25) is 0 Å². The Labute approximate surface area is 119 Å². The monoisotopic (exact) mass is 301 g/mol. The largest absolute Gasteiger partial charge is 0.418 e. The van der Waals surface area contributed by atoms with Gasteiger partial charge in [0.05, 0.1) is 12.2 Å². The molecule has 0 aliphatic carbocycles. The zero-order valence-electron chi connectivity index (χ0n) is 10.8. The zero-order valence-corrected chi connectivity index (χ0v) is 11.6. The molecule has 0 aliphatic heterocycles. The Bertz CT molecular complexity index is 566. The quantitative estimate of drug-likeness (QED) is 0.926. The molecule has 1 aromatic heterocycles. The Hall–Kier alpha value is -1.53. The van der Waals surface area contributed by atoms with E-state index in [0.717, 1.165) is 11.6 Å². The fourth-order valence-corrected chi connectivity index (χ4v) is 2.64. The lowest BCUT2D eigenvalue weighted by molar-refractivity contribution is -0.137. The lowest BCUT2D eigenvalue weighted by Gasteiger charge is -2.23. The van der Waals surface area contributed by atoms with Crippen molar-refractivity contribution in [3.05, 3.63) is 51.7 Å². The third kappa shape index (κ3) is 3.32. The van der Waals surface area contributed by atoms with Gasteiger partial charge in [-0.2, -0.15) is 24.5 Å². The van der Waals surface area contributed by atoms with Crippen molar-refractivity contribution in [1.82, 2.24) is 0 Å². The molecule has 0 atom stereocenters. The van der Waals surface area contributed by atoms with Crippen molar-refractivity contribution in [2.45, 2.75) is 19.3 Å². The highest BCUT2D eigenvalue weighted by molar-refractivity contribution is 7.07. The van der Waals surface area contributed by atoms with E-state index in [-0.39, 0.29) is 11.3 Å². The molecule has 0 fully saturated rings. The third-order valence-electron chi connectivity index (χ3n) is 2.96. The summed E-state index contributed by atoms with van der Waals surface area (Å²) in [6.45, 7) is 0.00264. The summed E-state index contributed by atoms with van der Waals surface area (Å²) in [6.07, 6.45) is -4.44. The smallest absolute Gasteiger partial charge is 0.392 e. The molecular weight excluding hydrogens is 287 g/mol. The SMILES string of the molecule is CN(Cc1ccsc1)c1ccc(CO)cc1C(F)(F)F. The number of anilines is 1. The number of hydrogen-bond donors (Lipinski definition) is 1. The van der Waals surface area contributed by atoms with Gasteiger partial charge in [-0.3, -0.25) is 0 Å². The Balaban J connectivity index is 2.34. The molecular formula is C14H14F3NOS. The van der Waals surface area contributed by atoms with Gasteiger partial charge < -0.3 is 10.0 Å². The molecule has 0 saturated carbocycles. The summed E-state index contributed by atoms with van der Waals surface area (Å²) >= 11 is 1.51. The number of aliphatic hydroxyl groups excluding tert-OH is 1. The maximum Gasteiger partial charge on any atom is 0.418 e. The van der Waals surface area contributed by atoms with E-state index in [1.54, 1.807) is 11.9 Å². The molecule has 108 valence electrons. The number of halogens is 3. The van der Waals surface area contributed by atoms with Gasteiger partial charge in [0, 0.05) is 19.3 Å². The molecule has 1 aromatic carbocycles. The first kappa shape index (κ1) is 14.9. The lowest BCUT2D eigenvalue weighted by Crippen LogP contribution is -2.21. The molecule has 1 N–H and O–H groups in total. The molecule has 0 saturated heterocycles. The molecule has 0 radical (unpaired) electrons. The number of aliphatic hydroxyl groups is 1. The second-order valence-electron chi connectivity index (χ2n) is 4.50. The van der Waals surface area contributed by atoms with Crippen molar-refractivity contribution in [2.24, 2.45) is 0 Å². The van der Waals surface area contributed by atoms with Crippen LogP contribution in [-0.4, -0.2) is 12.2 Å². The van der Waals surface area contributed by atoms with E-state index in [2.05, 4.69) is 0 Å². The highest BCUT2D eigenvalue weighted by Gasteiger charge is 2.34. The standard InChI is InChI=1S/C14H14F3NOS/c1-18(7-11-4-5-20-9-11)13-3-2-10(8-19)6-12(13)14(15,16)17/h2-6,9,19H,7-8H2,1H3. The molecule has 0 unspecified atom stereocenters. The molecule has 20 heavy (non-hydrogen) atoms. The summed E-state index contributed by atoms with van der Waals surface area (Å²) in [5.74, 6) is 0. The Morgan fingerprint density at radius 1 is 1.20 bits per heavy atom. The van der Waals surface area contributed by atoms with Gasteiger partial charge in [-0.15, -0.1) is 0 Å². The van der Waals surface area contributed by atoms with E-state index >= 15 is 0 Å². The van der Waals surface area contributed by atoms with Gasteiger partial charge in [-0.05, 0) is 40.1 Å². The Morgan fingerprint density at radius 2 is 1.95 bits per heavy atom. The van der Waals surface area contributed by atoms with Crippen LogP contribution in [-0.2, 0) is 19.3 Å². The van der Waals surface area contributed by atoms with Crippen molar-refractivity contribution in [3.8, 4) is 0 Å². The van der Waals surface area contributed by atoms with Crippen LogP contribution in [0.25, 0.3) is 0 Å². The first-order valence-corrected chi connectivity index (χ1v) is 6.89. The Morgan fingerprint density at radius 3 is 2.50 bits per heavy atom. The predicted molar refractivity (Wildman–Crippen MR) is 73.8 cm³/mol. The van der Waals surface area contributed by atoms with Gasteiger partial charge in [0.15, 0.2) is 0 Å². The van der Waals surface area contributed by atoms with Gasteiger partial charge in [0.1, 0.15) is 0 Å². The third-order valence-corrected chi connectivity index (χ3v) is 3.69. The van der Waals surface area contributed by atoms with E-state index in [1.807, 2.05) is 16.8 Å². The predicted octanol–water partition coefficient (Wildman–Crippen LogP) is 3.90. The van der Waals surface area contributed by atoms with Crippen LogP contribution in [0, 0.1) is 0 Å². The fraction of sp³-hybridized carbons (Fsp3) is 0.286. The molecule has 0 bridgehead atoms. The summed E-state index contributed by atoms with van der Waals surface area (Å²) in [4.78, 5) is 1.56. The molecule has 2 rings (SSSR count). The Kier molecular flexibility index (Phi) is 4.35. The minimum atomic E-state index is -4.44. The first-order chi connectivity index (χ1) is 9.41. The van der Waals surface area contributed by atoms with Gasteiger partial charge in [0.25, 0.3) is 0 Å². The van der Waals surface area contributed by atoms with Gasteiger partial charge >= 0.3 is 6.18 Å². The topological polar surface area (TPSA) is 23.5 Å². The lowest BCUT2D eigenvalue weighted by atomic mass is 10.1. The molecule has 0 amide bonds. The van der Waals surface area contributed by atoms with Crippen LogP contribution in [0.3, 0.4) is 0 Å². The van der Waals surface area contributed by atoms with Crippen LogP contribution < -0.4 is 4.90 Å². The average Bonchev–Trinajstić information content (AvgIpc) is 2.89. The number of alkyl halides is 3. The van der Waals surface area contributed by atoms with Crippen LogP contribution in [0.5, 0.6) is 0 Å². The van der Waals surface area contributed by atoms with Crippen LogP contribution in [0.2, 0.25) is 0 Å². The first-order valence-electron chi connectivity index (χ1n) is 5.95. The van der Waals surface area contributed by atoms with Gasteiger partial charge in [-0.25, -0.2) is 0 Å². The maximum absolute atomic E-state index is 13.1. The van der Waals surface area contributed by atoms with Crippen molar-refractivity contribution in [3.63, 3.8) is 0 Å².